The minimum Gasteiger partial charge on any atom is -0.454 e. The Morgan fingerprint density at radius 1 is 1.17 bits per heavy atom. The molecule has 2 N–H and O–H groups in total. The molecule has 0 unspecified atom stereocenters. The van der Waals surface area contributed by atoms with Crippen molar-refractivity contribution in [3.8, 4) is 11.5 Å². The van der Waals surface area contributed by atoms with Gasteiger partial charge in [0.05, 0.1) is 5.41 Å². The molecule has 1 heterocycles. The van der Waals surface area contributed by atoms with Gasteiger partial charge in [0.15, 0.2) is 17.5 Å². The van der Waals surface area contributed by atoms with E-state index in [0.717, 1.165) is 43.1 Å². The number of aliphatic imine (C=N–C) groups is 1. The molecule has 8 heteroatoms. The minimum absolute atomic E-state index is 0. The summed E-state index contributed by atoms with van der Waals surface area (Å²) in [7, 11) is 5.44. The Balaban J connectivity index is 0.00000320. The van der Waals surface area contributed by atoms with Gasteiger partial charge in [0.25, 0.3) is 0 Å². The van der Waals surface area contributed by atoms with Crippen molar-refractivity contribution in [1.29, 1.82) is 0 Å². The maximum atomic E-state index is 12.8. The molecule has 0 radical (unpaired) electrons. The second-order valence-corrected chi connectivity index (χ2v) is 8.92. The summed E-state index contributed by atoms with van der Waals surface area (Å²) in [5.74, 6) is 2.51. The lowest BCUT2D eigenvalue weighted by atomic mass is 9.84. The van der Waals surface area contributed by atoms with Crippen LogP contribution in [0.3, 0.4) is 0 Å². The molecule has 1 fully saturated rings. The molecule has 0 aromatic heterocycles. The quantitative estimate of drug-likeness (QED) is 0.336. The largest absolute Gasteiger partial charge is 0.454 e. The molecule has 3 rings (SSSR count). The number of hydrogen-bond donors (Lipinski definition) is 2. The Morgan fingerprint density at radius 2 is 1.83 bits per heavy atom. The fourth-order valence-electron chi connectivity index (χ4n) is 4.19. The smallest absolute Gasteiger partial charge is 0.231 e. The first-order valence-electron chi connectivity index (χ1n) is 10.3. The summed E-state index contributed by atoms with van der Waals surface area (Å²) in [6.45, 7) is 5.94. The van der Waals surface area contributed by atoms with E-state index in [0.29, 0.717) is 13.1 Å². The normalized spacial score (nSPS) is 17.3. The molecule has 0 saturated heterocycles. The van der Waals surface area contributed by atoms with Crippen molar-refractivity contribution in [3.63, 3.8) is 0 Å². The van der Waals surface area contributed by atoms with Crippen LogP contribution in [0.2, 0.25) is 0 Å². The fourth-order valence-corrected chi connectivity index (χ4v) is 4.19. The third-order valence-corrected chi connectivity index (χ3v) is 6.09. The van der Waals surface area contributed by atoms with Crippen LogP contribution in [-0.2, 0) is 10.2 Å². The summed E-state index contributed by atoms with van der Waals surface area (Å²) < 4.78 is 10.9. The lowest BCUT2D eigenvalue weighted by Gasteiger charge is -2.32. The van der Waals surface area contributed by atoms with Crippen LogP contribution in [0.5, 0.6) is 11.5 Å². The molecular weight excluding hydrogens is 495 g/mol. The maximum absolute atomic E-state index is 12.8. The van der Waals surface area contributed by atoms with Crippen LogP contribution in [-0.4, -0.2) is 57.8 Å². The van der Waals surface area contributed by atoms with Gasteiger partial charge in [0.1, 0.15) is 0 Å². The summed E-state index contributed by atoms with van der Waals surface area (Å²) in [6, 6.07) is 6.08. The van der Waals surface area contributed by atoms with Gasteiger partial charge in [-0.3, -0.25) is 9.79 Å². The molecule has 2 aliphatic rings. The van der Waals surface area contributed by atoms with Crippen molar-refractivity contribution in [3.05, 3.63) is 23.8 Å². The highest BCUT2D eigenvalue weighted by Gasteiger charge is 2.42. The molecule has 1 aliphatic carbocycles. The van der Waals surface area contributed by atoms with Crippen molar-refractivity contribution in [1.82, 2.24) is 15.5 Å². The molecule has 0 bridgehead atoms. The van der Waals surface area contributed by atoms with Gasteiger partial charge in [-0.1, -0.05) is 32.8 Å². The van der Waals surface area contributed by atoms with Crippen molar-refractivity contribution in [2.45, 2.75) is 44.9 Å². The molecule has 0 atom stereocenters. The zero-order chi connectivity index (χ0) is 21.1. The van der Waals surface area contributed by atoms with Crippen LogP contribution >= 0.6 is 24.0 Å². The number of nitrogens with zero attached hydrogens (tertiary/aromatic N) is 2. The second-order valence-electron chi connectivity index (χ2n) is 8.92. The molecule has 7 nitrogen and oxygen atoms in total. The van der Waals surface area contributed by atoms with Crippen molar-refractivity contribution < 1.29 is 14.3 Å². The van der Waals surface area contributed by atoms with Gasteiger partial charge in [0, 0.05) is 39.6 Å². The first-order valence-corrected chi connectivity index (χ1v) is 10.3. The van der Waals surface area contributed by atoms with E-state index in [9.17, 15) is 4.79 Å². The van der Waals surface area contributed by atoms with Gasteiger partial charge in [0.2, 0.25) is 12.7 Å². The summed E-state index contributed by atoms with van der Waals surface area (Å²) in [6.07, 6.45) is 4.06. The van der Waals surface area contributed by atoms with Gasteiger partial charge < -0.3 is 25.0 Å². The highest BCUT2D eigenvalue weighted by atomic mass is 127. The number of amides is 1. The topological polar surface area (TPSA) is 75.2 Å². The predicted molar refractivity (Wildman–Crippen MR) is 130 cm³/mol. The number of carbonyl (C=O) groups excluding carboxylic acids is 1. The average Bonchev–Trinajstić information content (AvgIpc) is 3.36. The van der Waals surface area contributed by atoms with E-state index in [2.05, 4.69) is 35.5 Å². The van der Waals surface area contributed by atoms with E-state index in [1.54, 1.807) is 11.9 Å². The van der Waals surface area contributed by atoms with Crippen LogP contribution in [0.15, 0.2) is 23.2 Å². The van der Waals surface area contributed by atoms with Crippen LogP contribution < -0.4 is 20.1 Å². The van der Waals surface area contributed by atoms with Crippen molar-refractivity contribution >= 4 is 35.8 Å². The molecule has 1 saturated carbocycles. The van der Waals surface area contributed by atoms with E-state index < -0.39 is 0 Å². The predicted octanol–water partition coefficient (Wildman–Crippen LogP) is 3.12. The third-order valence-electron chi connectivity index (χ3n) is 6.09. The zero-order valence-corrected chi connectivity index (χ0v) is 21.0. The molecular formula is C22H35IN4O3. The number of carbonyl (C=O) groups is 1. The molecule has 30 heavy (non-hydrogen) atoms. The van der Waals surface area contributed by atoms with E-state index in [1.165, 1.54) is 5.56 Å². The third kappa shape index (κ3) is 5.31. The number of guanidine groups is 1. The van der Waals surface area contributed by atoms with Gasteiger partial charge in [-0.2, -0.15) is 0 Å². The molecule has 168 valence electrons. The molecule has 1 aromatic carbocycles. The standard InChI is InChI=1S/C22H34N4O3.HI/c1-21(2,16-8-9-17-18(12-16)29-15-28-17)13-24-20(23-3)25-14-22(10-6-7-11-22)19(27)26(4)5;/h8-9,12H,6-7,10-11,13-15H2,1-5H3,(H2,23,24,25);1H. The number of benzene rings is 1. The van der Waals surface area contributed by atoms with Gasteiger partial charge in [-0.25, -0.2) is 0 Å². The van der Waals surface area contributed by atoms with Gasteiger partial charge in [-0.15, -0.1) is 24.0 Å². The first-order chi connectivity index (χ1) is 13.8. The SMILES string of the molecule is CN=C(NCC1(C(=O)N(C)C)CCCC1)NCC(C)(C)c1ccc2c(c1)OCO2.I. The van der Waals surface area contributed by atoms with Crippen LogP contribution in [0.4, 0.5) is 0 Å². The van der Waals surface area contributed by atoms with Gasteiger partial charge in [-0.05, 0) is 30.5 Å². The van der Waals surface area contributed by atoms with Crippen molar-refractivity contribution in [2.75, 3.05) is 41.0 Å². The minimum atomic E-state index is -0.325. The fraction of sp³-hybridized carbons (Fsp3) is 0.636. The first kappa shape index (κ1) is 24.6. The molecule has 1 amide bonds. The van der Waals surface area contributed by atoms with E-state index in [1.807, 2.05) is 26.2 Å². The van der Waals surface area contributed by atoms with E-state index in [4.69, 9.17) is 9.47 Å². The summed E-state index contributed by atoms with van der Waals surface area (Å²) in [4.78, 5) is 18.8. The Kier molecular flexibility index (Phi) is 8.24. The Bertz CT molecular complexity index is 774. The number of rotatable bonds is 6. The molecule has 0 spiro atoms. The van der Waals surface area contributed by atoms with E-state index in [-0.39, 0.29) is 47.5 Å². The number of halogens is 1. The summed E-state index contributed by atoms with van der Waals surface area (Å²) >= 11 is 0. The summed E-state index contributed by atoms with van der Waals surface area (Å²) in [5.41, 5.74) is 0.705. The monoisotopic (exact) mass is 530 g/mol. The average molecular weight is 530 g/mol. The maximum Gasteiger partial charge on any atom is 0.231 e. The highest BCUT2D eigenvalue weighted by molar-refractivity contribution is 14.0. The molecule has 1 aliphatic heterocycles. The van der Waals surface area contributed by atoms with Crippen LogP contribution in [0, 0.1) is 5.41 Å². The summed E-state index contributed by atoms with van der Waals surface area (Å²) in [5, 5.41) is 6.83. The number of ether oxygens (including phenoxy) is 2. The van der Waals surface area contributed by atoms with E-state index >= 15 is 0 Å². The number of hydrogen-bond acceptors (Lipinski definition) is 4. The highest BCUT2D eigenvalue weighted by Crippen LogP contribution is 2.39. The molecule has 1 aromatic rings. The van der Waals surface area contributed by atoms with Crippen LogP contribution in [0.1, 0.15) is 45.1 Å². The number of fused-ring (bicyclic) bond motifs is 1. The lowest BCUT2D eigenvalue weighted by molar-refractivity contribution is -0.138. The lowest BCUT2D eigenvalue weighted by Crippen LogP contribution is -2.50. The second kappa shape index (κ2) is 10.1. The number of nitrogens with one attached hydrogen (secondary N) is 2. The van der Waals surface area contributed by atoms with Crippen LogP contribution in [0.25, 0.3) is 0 Å². The Labute approximate surface area is 197 Å². The zero-order valence-electron chi connectivity index (χ0n) is 18.7. The Morgan fingerprint density at radius 3 is 2.47 bits per heavy atom. The van der Waals surface area contributed by atoms with Crippen molar-refractivity contribution in [2.24, 2.45) is 10.4 Å². The van der Waals surface area contributed by atoms with Gasteiger partial charge >= 0.3 is 0 Å². The Hall–Kier alpha value is -1.71.